The van der Waals surface area contributed by atoms with Crippen LogP contribution in [-0.4, -0.2) is 9.97 Å². The first kappa shape index (κ1) is 30.7. The third-order valence-corrected chi connectivity index (χ3v) is 11.7. The largest absolute Gasteiger partial charge is 0.456 e. The Bertz CT molecular complexity index is 3210. The van der Waals surface area contributed by atoms with Gasteiger partial charge >= 0.3 is 0 Å². The molecule has 0 unspecified atom stereocenters. The topological polar surface area (TPSA) is 38.9 Å². The molecule has 3 aromatic heterocycles. The van der Waals surface area contributed by atoms with Crippen molar-refractivity contribution >= 4 is 64.4 Å². The molecular weight excluding hydrogens is 677 g/mol. The normalized spacial score (nSPS) is 11.7. The van der Waals surface area contributed by atoms with Crippen molar-refractivity contribution in [2.24, 2.45) is 0 Å². The van der Waals surface area contributed by atoms with Crippen LogP contribution >= 0.6 is 11.3 Å². The Balaban J connectivity index is 1.07. The first-order valence-electron chi connectivity index (χ1n) is 18.2. The van der Waals surface area contributed by atoms with Crippen LogP contribution in [0.4, 0.5) is 0 Å². The number of hydrogen-bond donors (Lipinski definition) is 0. The highest BCUT2D eigenvalue weighted by Gasteiger charge is 2.21. The van der Waals surface area contributed by atoms with Gasteiger partial charge < -0.3 is 4.42 Å². The second-order valence-corrected chi connectivity index (χ2v) is 14.7. The third kappa shape index (κ3) is 4.96. The summed E-state index contributed by atoms with van der Waals surface area (Å²) >= 11 is 1.76. The van der Waals surface area contributed by atoms with Crippen molar-refractivity contribution in [2.45, 2.75) is 0 Å². The highest BCUT2D eigenvalue weighted by molar-refractivity contribution is 7.26. The minimum atomic E-state index is 0.689. The van der Waals surface area contributed by atoms with Gasteiger partial charge in [-0.1, -0.05) is 158 Å². The molecule has 252 valence electrons. The standard InChI is InChI=1S/C50H30N2OS/c1-2-12-32(13-3-1)36-16-6-7-17-37(36)34-26-24-31(25-27-34)35-28-29-43-42(30-35)46-41(21-11-22-44(46)53-43)50-51-47(39-20-10-15-33-14-4-5-18-38(33)39)49-48(52-50)40-19-8-9-23-45(40)54-49/h1-30H. The Labute approximate surface area is 315 Å². The van der Waals surface area contributed by atoms with Gasteiger partial charge in [0.1, 0.15) is 11.2 Å². The molecule has 0 aliphatic heterocycles. The van der Waals surface area contributed by atoms with Crippen molar-refractivity contribution in [3.05, 3.63) is 182 Å². The Kier molecular flexibility index (Phi) is 7.04. The molecule has 0 aliphatic carbocycles. The molecule has 0 N–H and O–H groups in total. The van der Waals surface area contributed by atoms with Gasteiger partial charge in [-0.25, -0.2) is 9.97 Å². The Morgan fingerprint density at radius 3 is 1.89 bits per heavy atom. The van der Waals surface area contributed by atoms with Gasteiger partial charge in [0, 0.05) is 32.0 Å². The average molecular weight is 707 g/mol. The van der Waals surface area contributed by atoms with Crippen molar-refractivity contribution in [3.63, 3.8) is 0 Å². The number of fused-ring (bicyclic) bond motifs is 7. The van der Waals surface area contributed by atoms with Gasteiger partial charge in [-0.3, -0.25) is 0 Å². The lowest BCUT2D eigenvalue weighted by Gasteiger charge is -2.11. The van der Waals surface area contributed by atoms with E-state index in [0.29, 0.717) is 5.82 Å². The van der Waals surface area contributed by atoms with E-state index in [4.69, 9.17) is 14.4 Å². The van der Waals surface area contributed by atoms with Crippen LogP contribution in [0.15, 0.2) is 186 Å². The maximum atomic E-state index is 6.50. The molecule has 0 amide bonds. The summed E-state index contributed by atoms with van der Waals surface area (Å²) in [5.41, 5.74) is 12.8. The van der Waals surface area contributed by atoms with Crippen LogP contribution in [0.2, 0.25) is 0 Å². The van der Waals surface area contributed by atoms with E-state index in [1.165, 1.54) is 37.7 Å². The van der Waals surface area contributed by atoms with Crippen LogP contribution in [0.5, 0.6) is 0 Å². The molecule has 0 bridgehead atoms. The summed E-state index contributed by atoms with van der Waals surface area (Å²) in [4.78, 5) is 10.8. The van der Waals surface area contributed by atoms with Gasteiger partial charge in [0.2, 0.25) is 0 Å². The molecular formula is C50H30N2OS. The van der Waals surface area contributed by atoms with E-state index in [1.54, 1.807) is 11.3 Å². The van der Waals surface area contributed by atoms with Crippen LogP contribution in [0.1, 0.15) is 0 Å². The average Bonchev–Trinajstić information content (AvgIpc) is 3.82. The molecule has 54 heavy (non-hydrogen) atoms. The zero-order valence-electron chi connectivity index (χ0n) is 29.0. The van der Waals surface area contributed by atoms with Gasteiger partial charge in [0.15, 0.2) is 5.82 Å². The molecule has 0 aliphatic rings. The van der Waals surface area contributed by atoms with Gasteiger partial charge in [-0.2, -0.15) is 0 Å². The van der Waals surface area contributed by atoms with E-state index in [0.717, 1.165) is 65.5 Å². The van der Waals surface area contributed by atoms with Gasteiger partial charge in [-0.05, 0) is 68.4 Å². The highest BCUT2D eigenvalue weighted by Crippen LogP contribution is 2.44. The summed E-state index contributed by atoms with van der Waals surface area (Å²) in [5, 5.41) is 5.57. The molecule has 0 radical (unpaired) electrons. The van der Waals surface area contributed by atoms with Crippen molar-refractivity contribution in [3.8, 4) is 56.0 Å². The second kappa shape index (κ2) is 12.4. The van der Waals surface area contributed by atoms with E-state index in [9.17, 15) is 0 Å². The SMILES string of the molecule is c1ccc(-c2ccccc2-c2ccc(-c3ccc4oc5cccc(-c6nc(-c7cccc8ccccc78)c7sc8ccccc8c7n6)c5c4c3)cc2)cc1. The summed E-state index contributed by atoms with van der Waals surface area (Å²) in [6, 6.07) is 64.3. The predicted molar refractivity (Wildman–Crippen MR) is 227 cm³/mol. The molecule has 0 saturated carbocycles. The molecule has 0 fully saturated rings. The Morgan fingerprint density at radius 2 is 1.04 bits per heavy atom. The third-order valence-electron chi connectivity index (χ3n) is 10.5. The maximum Gasteiger partial charge on any atom is 0.161 e. The molecule has 3 heterocycles. The second-order valence-electron chi connectivity index (χ2n) is 13.7. The van der Waals surface area contributed by atoms with Crippen LogP contribution in [0, 0.1) is 0 Å². The minimum absolute atomic E-state index is 0.689. The lowest BCUT2D eigenvalue weighted by Crippen LogP contribution is -1.94. The van der Waals surface area contributed by atoms with E-state index >= 15 is 0 Å². The van der Waals surface area contributed by atoms with Gasteiger partial charge in [0.05, 0.1) is 15.9 Å². The van der Waals surface area contributed by atoms with Crippen LogP contribution in [-0.2, 0) is 0 Å². The van der Waals surface area contributed by atoms with Crippen LogP contribution in [0.3, 0.4) is 0 Å². The predicted octanol–water partition coefficient (Wildman–Crippen LogP) is 14.2. The number of rotatable bonds is 5. The molecule has 11 rings (SSSR count). The lowest BCUT2D eigenvalue weighted by molar-refractivity contribution is 0.669. The summed E-state index contributed by atoms with van der Waals surface area (Å²) in [6.45, 7) is 0. The van der Waals surface area contributed by atoms with Crippen molar-refractivity contribution in [1.29, 1.82) is 0 Å². The smallest absolute Gasteiger partial charge is 0.161 e. The number of aromatic nitrogens is 2. The van der Waals surface area contributed by atoms with Crippen molar-refractivity contribution in [1.82, 2.24) is 9.97 Å². The number of hydrogen-bond acceptors (Lipinski definition) is 4. The summed E-state index contributed by atoms with van der Waals surface area (Å²) in [7, 11) is 0. The van der Waals surface area contributed by atoms with Crippen LogP contribution < -0.4 is 0 Å². The zero-order valence-corrected chi connectivity index (χ0v) is 29.8. The molecule has 0 atom stereocenters. The molecule has 3 nitrogen and oxygen atoms in total. The fourth-order valence-electron chi connectivity index (χ4n) is 7.97. The van der Waals surface area contributed by atoms with E-state index in [-0.39, 0.29) is 0 Å². The van der Waals surface area contributed by atoms with E-state index < -0.39 is 0 Å². The van der Waals surface area contributed by atoms with Crippen molar-refractivity contribution in [2.75, 3.05) is 0 Å². The quantitative estimate of drug-likeness (QED) is 0.179. The highest BCUT2D eigenvalue weighted by atomic mass is 32.1. The monoisotopic (exact) mass is 706 g/mol. The molecule has 0 spiro atoms. The lowest BCUT2D eigenvalue weighted by atomic mass is 9.93. The number of benzene rings is 8. The first-order chi connectivity index (χ1) is 26.8. The number of nitrogens with zero attached hydrogens (tertiary/aromatic N) is 2. The van der Waals surface area contributed by atoms with E-state index in [2.05, 4.69) is 170 Å². The summed E-state index contributed by atoms with van der Waals surface area (Å²) in [5.74, 6) is 0.689. The van der Waals surface area contributed by atoms with Crippen LogP contribution in [0.25, 0.3) is 109 Å². The minimum Gasteiger partial charge on any atom is -0.456 e. The van der Waals surface area contributed by atoms with Gasteiger partial charge in [-0.15, -0.1) is 11.3 Å². The Hall–Kier alpha value is -6.88. The fraction of sp³-hybridized carbons (Fsp3) is 0. The summed E-state index contributed by atoms with van der Waals surface area (Å²) < 4.78 is 8.80. The first-order valence-corrected chi connectivity index (χ1v) is 19.0. The molecule has 11 aromatic rings. The number of furan rings is 1. The maximum absolute atomic E-state index is 6.50. The zero-order chi connectivity index (χ0) is 35.6. The van der Waals surface area contributed by atoms with Gasteiger partial charge in [0.25, 0.3) is 0 Å². The molecule has 0 saturated heterocycles. The van der Waals surface area contributed by atoms with E-state index in [1.807, 2.05) is 12.1 Å². The van der Waals surface area contributed by atoms with Crippen molar-refractivity contribution < 1.29 is 4.42 Å². The summed E-state index contributed by atoms with van der Waals surface area (Å²) in [6.07, 6.45) is 0. The Morgan fingerprint density at radius 1 is 0.407 bits per heavy atom. The molecule has 8 aromatic carbocycles. The fourth-order valence-corrected chi connectivity index (χ4v) is 9.11. The number of thiophene rings is 1. The molecule has 4 heteroatoms.